The van der Waals surface area contributed by atoms with Gasteiger partial charge in [-0.1, -0.05) is 0 Å². The highest BCUT2D eigenvalue weighted by atomic mass is 16.6. The smallest absolute Gasteiger partial charge is 0.409 e. The number of ether oxygens (including phenoxy) is 2. The lowest BCUT2D eigenvalue weighted by atomic mass is 10.4. The van der Waals surface area contributed by atoms with Gasteiger partial charge in [0.1, 0.15) is 0 Å². The highest BCUT2D eigenvalue weighted by molar-refractivity contribution is 5.69. The maximum atomic E-state index is 11.5. The van der Waals surface area contributed by atoms with Crippen LogP contribution in [0.2, 0.25) is 0 Å². The summed E-state index contributed by atoms with van der Waals surface area (Å²) in [5.74, 6) is 0. The van der Waals surface area contributed by atoms with E-state index in [0.717, 1.165) is 6.42 Å². The van der Waals surface area contributed by atoms with Crippen LogP contribution in [0.25, 0.3) is 0 Å². The summed E-state index contributed by atoms with van der Waals surface area (Å²) < 4.78 is 9.86. The summed E-state index contributed by atoms with van der Waals surface area (Å²) in [6.07, 6.45) is 0.133. The molecule has 0 bridgehead atoms. The molecule has 0 unspecified atom stereocenters. The maximum Gasteiger partial charge on any atom is 0.409 e. The maximum absolute atomic E-state index is 11.5. The van der Waals surface area contributed by atoms with E-state index in [9.17, 15) is 9.59 Å². The largest absolute Gasteiger partial charge is 0.450 e. The lowest BCUT2D eigenvalue weighted by molar-refractivity contribution is 0.100. The number of carbonyl (C=O) groups excluding carboxylic acids is 2. The lowest BCUT2D eigenvalue weighted by Gasteiger charge is -2.20. The third kappa shape index (κ3) is 4.13. The van der Waals surface area contributed by atoms with Gasteiger partial charge in [-0.15, -0.1) is 0 Å². The van der Waals surface area contributed by atoms with Gasteiger partial charge in [0.05, 0.1) is 13.2 Å². The minimum absolute atomic E-state index is 0.307. The first-order valence-corrected chi connectivity index (χ1v) is 6.02. The Bertz CT molecular complexity index is 244. The molecule has 1 saturated heterocycles. The molecular formula is C11H20N2O4. The minimum Gasteiger partial charge on any atom is -0.450 e. The van der Waals surface area contributed by atoms with Crippen molar-refractivity contribution in [1.82, 2.24) is 9.80 Å². The molecule has 17 heavy (non-hydrogen) atoms. The second-order valence-electron chi connectivity index (χ2n) is 3.73. The average molecular weight is 244 g/mol. The Hall–Kier alpha value is -1.46. The van der Waals surface area contributed by atoms with E-state index < -0.39 is 0 Å². The molecule has 98 valence electrons. The van der Waals surface area contributed by atoms with Crippen LogP contribution in [-0.4, -0.2) is 61.4 Å². The molecule has 0 saturated carbocycles. The van der Waals surface area contributed by atoms with Crippen LogP contribution in [0, 0.1) is 0 Å². The molecule has 1 fully saturated rings. The summed E-state index contributed by atoms with van der Waals surface area (Å²) in [5, 5.41) is 0. The van der Waals surface area contributed by atoms with Crippen LogP contribution in [0.5, 0.6) is 0 Å². The van der Waals surface area contributed by atoms with Crippen LogP contribution in [0.4, 0.5) is 9.59 Å². The molecule has 0 aromatic carbocycles. The monoisotopic (exact) mass is 244 g/mol. The van der Waals surface area contributed by atoms with Crippen molar-refractivity contribution in [3.05, 3.63) is 0 Å². The third-order valence-electron chi connectivity index (χ3n) is 2.55. The predicted molar refractivity (Wildman–Crippen MR) is 61.8 cm³/mol. The second kappa shape index (κ2) is 6.98. The Morgan fingerprint density at radius 1 is 0.882 bits per heavy atom. The third-order valence-corrected chi connectivity index (χ3v) is 2.55. The molecule has 1 rings (SSSR count). The highest BCUT2D eigenvalue weighted by Crippen LogP contribution is 2.06. The number of amides is 2. The Balaban J connectivity index is 2.44. The van der Waals surface area contributed by atoms with Gasteiger partial charge in [0.25, 0.3) is 0 Å². The van der Waals surface area contributed by atoms with E-state index in [4.69, 9.17) is 9.47 Å². The van der Waals surface area contributed by atoms with Crippen LogP contribution >= 0.6 is 0 Å². The van der Waals surface area contributed by atoms with E-state index in [-0.39, 0.29) is 12.2 Å². The number of hydrogen-bond acceptors (Lipinski definition) is 4. The van der Waals surface area contributed by atoms with Crippen LogP contribution in [0.3, 0.4) is 0 Å². The fourth-order valence-electron chi connectivity index (χ4n) is 1.71. The molecule has 6 nitrogen and oxygen atoms in total. The Morgan fingerprint density at radius 2 is 1.29 bits per heavy atom. The topological polar surface area (TPSA) is 59.1 Å². The van der Waals surface area contributed by atoms with Gasteiger partial charge in [-0.2, -0.15) is 0 Å². The summed E-state index contributed by atoms with van der Waals surface area (Å²) >= 11 is 0. The molecular weight excluding hydrogens is 224 g/mol. The van der Waals surface area contributed by atoms with Gasteiger partial charge in [0, 0.05) is 26.2 Å². The Kier molecular flexibility index (Phi) is 5.59. The first kappa shape index (κ1) is 13.6. The van der Waals surface area contributed by atoms with Crippen molar-refractivity contribution in [1.29, 1.82) is 0 Å². The molecule has 0 aromatic rings. The summed E-state index contributed by atoms with van der Waals surface area (Å²) in [6, 6.07) is 0. The summed E-state index contributed by atoms with van der Waals surface area (Å²) in [5.41, 5.74) is 0. The second-order valence-corrected chi connectivity index (χ2v) is 3.73. The van der Waals surface area contributed by atoms with Gasteiger partial charge in [0.15, 0.2) is 0 Å². The molecule has 0 spiro atoms. The van der Waals surface area contributed by atoms with Gasteiger partial charge < -0.3 is 19.3 Å². The van der Waals surface area contributed by atoms with E-state index in [2.05, 4.69) is 0 Å². The van der Waals surface area contributed by atoms with Gasteiger partial charge >= 0.3 is 12.2 Å². The molecule has 0 atom stereocenters. The van der Waals surface area contributed by atoms with Crippen molar-refractivity contribution < 1.29 is 19.1 Å². The standard InChI is InChI=1S/C11H20N2O4/c1-3-16-10(14)12-6-5-7-13(9-8-12)11(15)17-4-2/h3-9H2,1-2H3. The van der Waals surface area contributed by atoms with Crippen LogP contribution < -0.4 is 0 Å². The Labute approximate surface area is 101 Å². The number of hydrogen-bond donors (Lipinski definition) is 0. The Morgan fingerprint density at radius 3 is 1.65 bits per heavy atom. The SMILES string of the molecule is CCOC(=O)N1CCCN(C(=O)OCC)CC1. The zero-order valence-electron chi connectivity index (χ0n) is 10.5. The van der Waals surface area contributed by atoms with Crippen molar-refractivity contribution in [3.63, 3.8) is 0 Å². The van der Waals surface area contributed by atoms with Crippen LogP contribution in [-0.2, 0) is 9.47 Å². The van der Waals surface area contributed by atoms with E-state index in [1.54, 1.807) is 23.6 Å². The van der Waals surface area contributed by atoms with E-state index in [1.807, 2.05) is 0 Å². The van der Waals surface area contributed by atoms with E-state index >= 15 is 0 Å². The molecule has 0 N–H and O–H groups in total. The fraction of sp³-hybridized carbons (Fsp3) is 0.818. The van der Waals surface area contributed by atoms with Gasteiger partial charge in [-0.05, 0) is 20.3 Å². The highest BCUT2D eigenvalue weighted by Gasteiger charge is 2.22. The minimum atomic E-state index is -0.307. The molecule has 1 aliphatic heterocycles. The molecule has 6 heteroatoms. The summed E-state index contributed by atoms with van der Waals surface area (Å²) in [4.78, 5) is 26.3. The van der Waals surface area contributed by atoms with Gasteiger partial charge in [0.2, 0.25) is 0 Å². The van der Waals surface area contributed by atoms with Crippen molar-refractivity contribution in [2.45, 2.75) is 20.3 Å². The van der Waals surface area contributed by atoms with Crippen LogP contribution in [0.15, 0.2) is 0 Å². The summed E-state index contributed by atoms with van der Waals surface area (Å²) in [7, 11) is 0. The zero-order valence-corrected chi connectivity index (χ0v) is 10.5. The normalized spacial score (nSPS) is 16.4. The average Bonchev–Trinajstić information content (AvgIpc) is 2.55. The first-order chi connectivity index (χ1) is 8.19. The molecule has 1 heterocycles. The predicted octanol–water partition coefficient (Wildman–Crippen LogP) is 1.31. The molecule has 2 amide bonds. The fourth-order valence-corrected chi connectivity index (χ4v) is 1.71. The van der Waals surface area contributed by atoms with Crippen molar-refractivity contribution in [2.75, 3.05) is 39.4 Å². The van der Waals surface area contributed by atoms with Gasteiger partial charge in [-0.3, -0.25) is 0 Å². The molecule has 0 radical (unpaired) electrons. The van der Waals surface area contributed by atoms with E-state index in [0.29, 0.717) is 39.4 Å². The van der Waals surface area contributed by atoms with Crippen molar-refractivity contribution >= 4 is 12.2 Å². The molecule has 0 aromatic heterocycles. The van der Waals surface area contributed by atoms with Gasteiger partial charge in [-0.25, -0.2) is 9.59 Å². The first-order valence-electron chi connectivity index (χ1n) is 6.02. The van der Waals surface area contributed by atoms with Crippen molar-refractivity contribution in [3.8, 4) is 0 Å². The number of carbonyl (C=O) groups is 2. The zero-order chi connectivity index (χ0) is 12.7. The molecule has 0 aliphatic carbocycles. The summed E-state index contributed by atoms with van der Waals surface area (Å²) in [6.45, 7) is 6.54. The number of rotatable bonds is 2. The quantitative estimate of drug-likeness (QED) is 0.734. The lowest BCUT2D eigenvalue weighted by Crippen LogP contribution is -2.37. The number of nitrogens with zero attached hydrogens (tertiary/aromatic N) is 2. The van der Waals surface area contributed by atoms with Crippen molar-refractivity contribution in [2.24, 2.45) is 0 Å². The van der Waals surface area contributed by atoms with E-state index in [1.165, 1.54) is 0 Å². The molecule has 1 aliphatic rings. The van der Waals surface area contributed by atoms with Crippen LogP contribution in [0.1, 0.15) is 20.3 Å².